The molecule has 3 aromatic rings. The number of hydrogen-bond acceptors (Lipinski definition) is 4. The number of aromatic carboxylic acids is 1. The molecule has 0 aliphatic rings. The highest BCUT2D eigenvalue weighted by Gasteiger charge is 2.20. The van der Waals surface area contributed by atoms with Crippen molar-refractivity contribution in [2.75, 3.05) is 5.32 Å². The Morgan fingerprint density at radius 3 is 2.44 bits per heavy atom. The predicted molar refractivity (Wildman–Crippen MR) is 113 cm³/mol. The maximum absolute atomic E-state index is 12.2. The Hall–Kier alpha value is -2.70. The summed E-state index contributed by atoms with van der Waals surface area (Å²) in [4.78, 5) is 24.9. The van der Waals surface area contributed by atoms with Gasteiger partial charge in [-0.2, -0.15) is 0 Å². The first-order chi connectivity index (χ1) is 13.0. The van der Waals surface area contributed by atoms with E-state index in [4.69, 9.17) is 0 Å². The Morgan fingerprint density at radius 1 is 1.11 bits per heavy atom. The molecule has 6 heteroatoms. The summed E-state index contributed by atoms with van der Waals surface area (Å²) in [7, 11) is 0. The second-order valence-electron chi connectivity index (χ2n) is 6.27. The summed E-state index contributed by atoms with van der Waals surface area (Å²) >= 11 is 2.74. The average Bonchev–Trinajstić information content (AvgIpc) is 3.29. The van der Waals surface area contributed by atoms with E-state index >= 15 is 0 Å². The predicted octanol–water partition coefficient (Wildman–Crippen LogP) is 5.95. The molecule has 0 unspecified atom stereocenters. The Morgan fingerprint density at radius 2 is 1.85 bits per heavy atom. The number of amides is 1. The smallest absolute Gasteiger partial charge is 0.339 e. The molecule has 0 aliphatic carbocycles. The van der Waals surface area contributed by atoms with Crippen LogP contribution in [0.4, 0.5) is 5.00 Å². The second-order valence-corrected chi connectivity index (χ2v) is 8.13. The number of hydrogen-bond donors (Lipinski definition) is 2. The monoisotopic (exact) mass is 397 g/mol. The van der Waals surface area contributed by atoms with Gasteiger partial charge in [0.1, 0.15) is 10.6 Å². The van der Waals surface area contributed by atoms with Gasteiger partial charge in [-0.15, -0.1) is 22.7 Å². The third-order valence-electron chi connectivity index (χ3n) is 4.07. The summed E-state index contributed by atoms with van der Waals surface area (Å²) in [6.07, 6.45) is 3.12. The standard InChI is InChI=1S/C21H19NO3S2/c1-13(2)14-5-7-15(8-6-14)17-12-27-20(19(17)21(24)25)22-18(23)10-9-16-4-3-11-26-16/h3-13H,1-2H3,(H,22,23)(H,24,25)/b10-9+. The molecular weight excluding hydrogens is 378 g/mol. The van der Waals surface area contributed by atoms with E-state index in [0.717, 1.165) is 10.4 Å². The lowest BCUT2D eigenvalue weighted by molar-refractivity contribution is -0.111. The van der Waals surface area contributed by atoms with Gasteiger partial charge in [0.05, 0.1) is 0 Å². The molecule has 0 fully saturated rings. The fourth-order valence-electron chi connectivity index (χ4n) is 2.62. The van der Waals surface area contributed by atoms with Gasteiger partial charge in [0.15, 0.2) is 0 Å². The highest BCUT2D eigenvalue weighted by Crippen LogP contribution is 2.36. The zero-order chi connectivity index (χ0) is 19.4. The van der Waals surface area contributed by atoms with E-state index in [2.05, 4.69) is 19.2 Å². The molecular formula is C21H19NO3S2. The Bertz CT molecular complexity index is 968. The third kappa shape index (κ3) is 4.53. The number of carbonyl (C=O) groups is 2. The summed E-state index contributed by atoms with van der Waals surface area (Å²) in [5.41, 5.74) is 2.75. The van der Waals surface area contributed by atoms with Crippen LogP contribution in [0.25, 0.3) is 17.2 Å². The molecule has 2 heterocycles. The van der Waals surface area contributed by atoms with Crippen LogP contribution in [0, 0.1) is 0 Å². The average molecular weight is 398 g/mol. The quantitative estimate of drug-likeness (QED) is 0.505. The molecule has 0 saturated carbocycles. The largest absolute Gasteiger partial charge is 0.478 e. The van der Waals surface area contributed by atoms with Gasteiger partial charge < -0.3 is 10.4 Å². The Kier molecular flexibility index (Phi) is 5.88. The molecule has 3 rings (SSSR count). The first kappa shape index (κ1) is 19.1. The second kappa shape index (κ2) is 8.33. The van der Waals surface area contributed by atoms with Crippen molar-refractivity contribution >= 4 is 45.6 Å². The van der Waals surface area contributed by atoms with Crippen molar-refractivity contribution < 1.29 is 14.7 Å². The maximum atomic E-state index is 12.2. The molecule has 0 aliphatic heterocycles. The lowest BCUT2D eigenvalue weighted by atomic mass is 9.98. The van der Waals surface area contributed by atoms with E-state index in [9.17, 15) is 14.7 Å². The van der Waals surface area contributed by atoms with Gasteiger partial charge in [-0.05, 0) is 34.6 Å². The molecule has 0 atom stereocenters. The van der Waals surface area contributed by atoms with Crippen molar-refractivity contribution in [3.63, 3.8) is 0 Å². The first-order valence-corrected chi connectivity index (χ1v) is 10.2. The van der Waals surface area contributed by atoms with Crippen LogP contribution in [0.1, 0.15) is 40.6 Å². The zero-order valence-corrected chi connectivity index (χ0v) is 16.6. The van der Waals surface area contributed by atoms with Crippen molar-refractivity contribution in [3.05, 3.63) is 69.2 Å². The zero-order valence-electron chi connectivity index (χ0n) is 14.9. The minimum atomic E-state index is -1.06. The normalized spacial score (nSPS) is 11.2. The number of thiophene rings is 2. The number of nitrogens with one attached hydrogen (secondary N) is 1. The fourth-order valence-corrected chi connectivity index (χ4v) is 4.20. The number of rotatable bonds is 6. The van der Waals surface area contributed by atoms with Crippen LogP contribution in [0.3, 0.4) is 0 Å². The van der Waals surface area contributed by atoms with Crippen LogP contribution in [0.5, 0.6) is 0 Å². The van der Waals surface area contributed by atoms with Crippen LogP contribution in [-0.2, 0) is 4.79 Å². The third-order valence-corrected chi connectivity index (χ3v) is 5.81. The Labute approximate surface area is 165 Å². The van der Waals surface area contributed by atoms with Crippen molar-refractivity contribution in [3.8, 4) is 11.1 Å². The van der Waals surface area contributed by atoms with Gasteiger partial charge in [0, 0.05) is 21.9 Å². The highest BCUT2D eigenvalue weighted by atomic mass is 32.1. The summed E-state index contributed by atoms with van der Waals surface area (Å²) in [5.74, 6) is -1.00. The fraction of sp³-hybridized carbons (Fsp3) is 0.143. The van der Waals surface area contributed by atoms with E-state index in [1.54, 1.807) is 11.5 Å². The molecule has 0 bridgehead atoms. The van der Waals surface area contributed by atoms with Gasteiger partial charge in [-0.1, -0.05) is 44.2 Å². The van der Waals surface area contributed by atoms with Gasteiger partial charge in [0.2, 0.25) is 5.91 Å². The Balaban J connectivity index is 1.85. The lowest BCUT2D eigenvalue weighted by Crippen LogP contribution is -2.10. The highest BCUT2D eigenvalue weighted by molar-refractivity contribution is 7.15. The van der Waals surface area contributed by atoms with Gasteiger partial charge in [-0.3, -0.25) is 4.79 Å². The summed E-state index contributed by atoms with van der Waals surface area (Å²) < 4.78 is 0. The molecule has 138 valence electrons. The first-order valence-electron chi connectivity index (χ1n) is 8.43. The maximum Gasteiger partial charge on any atom is 0.339 e. The van der Waals surface area contributed by atoms with E-state index in [-0.39, 0.29) is 11.5 Å². The SMILES string of the molecule is CC(C)c1ccc(-c2csc(NC(=O)/C=C/c3cccs3)c2C(=O)O)cc1. The number of anilines is 1. The molecule has 4 nitrogen and oxygen atoms in total. The molecule has 1 aromatic carbocycles. The van der Waals surface area contributed by atoms with Crippen LogP contribution in [0.2, 0.25) is 0 Å². The van der Waals surface area contributed by atoms with Crippen LogP contribution in [-0.4, -0.2) is 17.0 Å². The molecule has 2 aromatic heterocycles. The minimum absolute atomic E-state index is 0.121. The molecule has 2 N–H and O–H groups in total. The molecule has 0 saturated heterocycles. The number of carboxylic acid groups (broad SMARTS) is 1. The van der Waals surface area contributed by atoms with Crippen molar-refractivity contribution in [1.29, 1.82) is 0 Å². The number of carbonyl (C=O) groups excluding carboxylic acids is 1. The van der Waals surface area contributed by atoms with Crippen LogP contribution in [0.15, 0.2) is 53.2 Å². The van der Waals surface area contributed by atoms with Crippen molar-refractivity contribution in [2.45, 2.75) is 19.8 Å². The number of benzene rings is 1. The van der Waals surface area contributed by atoms with Gasteiger partial charge in [-0.25, -0.2) is 4.79 Å². The summed E-state index contributed by atoms with van der Waals surface area (Å²) in [6.45, 7) is 4.22. The van der Waals surface area contributed by atoms with E-state index < -0.39 is 5.97 Å². The van der Waals surface area contributed by atoms with Crippen LogP contribution >= 0.6 is 22.7 Å². The lowest BCUT2D eigenvalue weighted by Gasteiger charge is -2.07. The minimum Gasteiger partial charge on any atom is -0.478 e. The van der Waals surface area contributed by atoms with Crippen molar-refractivity contribution in [2.24, 2.45) is 0 Å². The van der Waals surface area contributed by atoms with E-state index in [1.807, 2.05) is 41.8 Å². The molecule has 1 amide bonds. The van der Waals surface area contributed by atoms with Crippen molar-refractivity contribution in [1.82, 2.24) is 0 Å². The topological polar surface area (TPSA) is 66.4 Å². The summed E-state index contributed by atoms with van der Waals surface area (Å²) in [5, 5.41) is 16.4. The molecule has 27 heavy (non-hydrogen) atoms. The van der Waals surface area contributed by atoms with E-state index in [0.29, 0.717) is 16.5 Å². The molecule has 0 spiro atoms. The van der Waals surface area contributed by atoms with Crippen LogP contribution < -0.4 is 5.32 Å². The van der Waals surface area contributed by atoms with Gasteiger partial charge in [0.25, 0.3) is 0 Å². The molecule has 0 radical (unpaired) electrons. The van der Waals surface area contributed by atoms with Gasteiger partial charge >= 0.3 is 5.97 Å². The van der Waals surface area contributed by atoms with E-state index in [1.165, 1.54) is 34.3 Å². The summed E-state index contributed by atoms with van der Waals surface area (Å²) in [6, 6.07) is 11.7. The number of carboxylic acids is 1.